The summed E-state index contributed by atoms with van der Waals surface area (Å²) in [6, 6.07) is 0. The Kier molecular flexibility index (Phi) is 16.6. The summed E-state index contributed by atoms with van der Waals surface area (Å²) in [4.78, 5) is 21.3. The number of aliphatic carboxylic acids is 2. The molecule has 0 spiro atoms. The molecule has 0 amide bonds. The fourth-order valence-corrected chi connectivity index (χ4v) is 2.19. The zero-order chi connectivity index (χ0) is 14.5. The molecule has 2 N–H and O–H groups in total. The van der Waals surface area contributed by atoms with Crippen molar-refractivity contribution in [2.24, 2.45) is 5.92 Å². The summed E-state index contributed by atoms with van der Waals surface area (Å²) < 4.78 is 0. The van der Waals surface area contributed by atoms with Crippen molar-refractivity contribution in [2.45, 2.75) is 77.6 Å². The van der Waals surface area contributed by atoms with Crippen molar-refractivity contribution >= 4 is 35.0 Å². The van der Waals surface area contributed by atoms with Crippen molar-refractivity contribution in [3.8, 4) is 0 Å². The zero-order valence-electron chi connectivity index (χ0n) is 12.1. The van der Waals surface area contributed by atoms with Crippen LogP contribution in [-0.4, -0.2) is 45.2 Å². The van der Waals surface area contributed by atoms with Crippen molar-refractivity contribution in [1.29, 1.82) is 0 Å². The second-order valence-electron chi connectivity index (χ2n) is 5.20. The van der Waals surface area contributed by atoms with E-state index < -0.39 is 17.9 Å². The SMILES string of the molecule is CCCCCCCCCCCCC(C(=O)O)C(=O)O.[MgH2]. The molecule has 0 saturated carbocycles. The number of unbranched alkanes of at least 4 members (excludes halogenated alkanes) is 9. The Morgan fingerprint density at radius 3 is 1.45 bits per heavy atom. The molecule has 5 heteroatoms. The van der Waals surface area contributed by atoms with Crippen molar-refractivity contribution < 1.29 is 19.8 Å². The van der Waals surface area contributed by atoms with Crippen LogP contribution in [0.25, 0.3) is 0 Å². The smallest absolute Gasteiger partial charge is 0.317 e. The minimum Gasteiger partial charge on any atom is -0.481 e. The number of carboxylic acids is 2. The van der Waals surface area contributed by atoms with E-state index in [4.69, 9.17) is 10.2 Å². The van der Waals surface area contributed by atoms with Gasteiger partial charge in [-0.05, 0) is 6.42 Å². The highest BCUT2D eigenvalue weighted by Crippen LogP contribution is 2.14. The molecule has 0 radical (unpaired) electrons. The maximum Gasteiger partial charge on any atom is 0.317 e. The van der Waals surface area contributed by atoms with Crippen LogP contribution in [0.15, 0.2) is 0 Å². The molecule has 4 nitrogen and oxygen atoms in total. The number of hydrogen-bond donors (Lipinski definition) is 2. The minimum absolute atomic E-state index is 0. The third-order valence-electron chi connectivity index (χ3n) is 3.44. The molecule has 20 heavy (non-hydrogen) atoms. The summed E-state index contributed by atoms with van der Waals surface area (Å²) in [5.74, 6) is -3.67. The van der Waals surface area contributed by atoms with Gasteiger partial charge in [-0.15, -0.1) is 0 Å². The van der Waals surface area contributed by atoms with Gasteiger partial charge in [0.1, 0.15) is 0 Å². The average molecular weight is 299 g/mol. The number of carbonyl (C=O) groups is 2. The molecule has 0 aromatic carbocycles. The van der Waals surface area contributed by atoms with Gasteiger partial charge in [0.2, 0.25) is 0 Å². The summed E-state index contributed by atoms with van der Waals surface area (Å²) in [7, 11) is 0. The maximum atomic E-state index is 10.7. The van der Waals surface area contributed by atoms with Gasteiger partial charge >= 0.3 is 35.0 Å². The third kappa shape index (κ3) is 12.7. The van der Waals surface area contributed by atoms with E-state index in [9.17, 15) is 9.59 Å². The molecule has 0 aromatic rings. The van der Waals surface area contributed by atoms with Crippen LogP contribution in [0.2, 0.25) is 0 Å². The second kappa shape index (κ2) is 15.1. The summed E-state index contributed by atoms with van der Waals surface area (Å²) in [6.07, 6.45) is 11.9. The van der Waals surface area contributed by atoms with Crippen LogP contribution in [0.5, 0.6) is 0 Å². The highest BCUT2D eigenvalue weighted by atomic mass is 24.3. The van der Waals surface area contributed by atoms with Crippen molar-refractivity contribution in [2.75, 3.05) is 0 Å². The predicted octanol–water partition coefficient (Wildman–Crippen LogP) is 3.17. The maximum absolute atomic E-state index is 10.7. The van der Waals surface area contributed by atoms with E-state index in [-0.39, 0.29) is 29.5 Å². The van der Waals surface area contributed by atoms with Crippen LogP contribution in [0.1, 0.15) is 77.6 Å². The van der Waals surface area contributed by atoms with Crippen molar-refractivity contribution in [3.63, 3.8) is 0 Å². The van der Waals surface area contributed by atoms with Crippen LogP contribution in [-0.2, 0) is 9.59 Å². The van der Waals surface area contributed by atoms with Crippen molar-refractivity contribution in [1.82, 2.24) is 0 Å². The van der Waals surface area contributed by atoms with Crippen LogP contribution < -0.4 is 0 Å². The first-order chi connectivity index (χ1) is 9.09. The summed E-state index contributed by atoms with van der Waals surface area (Å²) >= 11 is 0. The van der Waals surface area contributed by atoms with Gasteiger partial charge in [-0.3, -0.25) is 9.59 Å². The molecular formula is C15H30MgO4. The Balaban J connectivity index is 0. The van der Waals surface area contributed by atoms with Crippen molar-refractivity contribution in [3.05, 3.63) is 0 Å². The van der Waals surface area contributed by atoms with Gasteiger partial charge in [-0.1, -0.05) is 71.1 Å². The third-order valence-corrected chi connectivity index (χ3v) is 3.44. The standard InChI is InChI=1S/C15H28O4.Mg.2H/c1-2-3-4-5-6-7-8-9-10-11-12-13(14(16)17)15(18)19;;;/h13H,2-12H2,1H3,(H,16,17)(H,18,19);;;. The largest absolute Gasteiger partial charge is 0.481 e. The fraction of sp³-hybridized carbons (Fsp3) is 0.867. The molecular weight excluding hydrogens is 268 g/mol. The second-order valence-corrected chi connectivity index (χ2v) is 5.20. The molecule has 0 atom stereocenters. The monoisotopic (exact) mass is 298 g/mol. The van der Waals surface area contributed by atoms with E-state index in [0.717, 1.165) is 12.8 Å². The van der Waals surface area contributed by atoms with Crippen LogP contribution in [0, 0.1) is 5.92 Å². The first-order valence-electron chi connectivity index (χ1n) is 7.55. The van der Waals surface area contributed by atoms with Gasteiger partial charge < -0.3 is 10.2 Å². The van der Waals surface area contributed by atoms with E-state index in [1.165, 1.54) is 44.9 Å². The Morgan fingerprint density at radius 2 is 1.10 bits per heavy atom. The minimum atomic E-state index is -1.23. The predicted molar refractivity (Wildman–Crippen MR) is 83.8 cm³/mol. The van der Waals surface area contributed by atoms with Gasteiger partial charge in [-0.2, -0.15) is 0 Å². The van der Waals surface area contributed by atoms with E-state index >= 15 is 0 Å². The molecule has 0 saturated heterocycles. The fourth-order valence-electron chi connectivity index (χ4n) is 2.19. The van der Waals surface area contributed by atoms with E-state index in [2.05, 4.69) is 6.92 Å². The Morgan fingerprint density at radius 1 is 0.750 bits per heavy atom. The zero-order valence-corrected chi connectivity index (χ0v) is 12.1. The lowest BCUT2D eigenvalue weighted by Crippen LogP contribution is -2.23. The number of carboxylic acid groups (broad SMARTS) is 2. The molecule has 0 aromatic heterocycles. The molecule has 116 valence electrons. The summed E-state index contributed by atoms with van der Waals surface area (Å²) in [6.45, 7) is 2.21. The normalized spacial score (nSPS) is 10.3. The molecule has 0 aliphatic heterocycles. The summed E-state index contributed by atoms with van der Waals surface area (Å²) in [5.41, 5.74) is 0. The molecule has 0 fully saturated rings. The van der Waals surface area contributed by atoms with E-state index in [0.29, 0.717) is 6.42 Å². The Labute approximate surface area is 138 Å². The van der Waals surface area contributed by atoms with Gasteiger partial charge in [0.15, 0.2) is 5.92 Å². The van der Waals surface area contributed by atoms with Gasteiger partial charge in [-0.25, -0.2) is 0 Å². The Hall–Kier alpha value is -0.294. The van der Waals surface area contributed by atoms with Gasteiger partial charge in [0, 0.05) is 0 Å². The molecule has 0 aliphatic carbocycles. The van der Waals surface area contributed by atoms with Crippen LogP contribution >= 0.6 is 0 Å². The molecule has 0 aliphatic rings. The summed E-state index contributed by atoms with van der Waals surface area (Å²) in [5, 5.41) is 17.4. The van der Waals surface area contributed by atoms with Crippen LogP contribution in [0.4, 0.5) is 0 Å². The Bertz CT molecular complexity index is 242. The van der Waals surface area contributed by atoms with E-state index in [1.54, 1.807) is 0 Å². The average Bonchev–Trinajstić information content (AvgIpc) is 2.35. The highest BCUT2D eigenvalue weighted by Gasteiger charge is 2.24. The lowest BCUT2D eigenvalue weighted by molar-refractivity contribution is -0.154. The first-order valence-corrected chi connectivity index (χ1v) is 7.55. The molecule has 0 unspecified atom stereocenters. The topological polar surface area (TPSA) is 74.6 Å². The molecule has 0 rings (SSSR count). The van der Waals surface area contributed by atoms with Gasteiger partial charge in [0.25, 0.3) is 0 Å². The number of rotatable bonds is 13. The molecule has 0 bridgehead atoms. The van der Waals surface area contributed by atoms with Gasteiger partial charge in [0.05, 0.1) is 0 Å². The quantitative estimate of drug-likeness (QED) is 0.311. The lowest BCUT2D eigenvalue weighted by atomic mass is 10.00. The first kappa shape index (κ1) is 22.0. The lowest BCUT2D eigenvalue weighted by Gasteiger charge is -2.06. The van der Waals surface area contributed by atoms with Crippen LogP contribution in [0.3, 0.4) is 0 Å². The number of hydrogen-bond acceptors (Lipinski definition) is 2. The van der Waals surface area contributed by atoms with E-state index in [1.807, 2.05) is 0 Å². The molecule has 0 heterocycles. The highest BCUT2D eigenvalue weighted by molar-refractivity contribution is 5.92.